The number of hydrogen-bond acceptors (Lipinski definition) is 3. The summed E-state index contributed by atoms with van der Waals surface area (Å²) >= 11 is 0. The van der Waals surface area contributed by atoms with Gasteiger partial charge in [0.05, 0.1) is 5.69 Å². The van der Waals surface area contributed by atoms with Crippen LogP contribution in [0, 0.1) is 0 Å². The Bertz CT molecular complexity index is 450. The van der Waals surface area contributed by atoms with Crippen molar-refractivity contribution in [3.8, 4) is 5.75 Å². The molecule has 0 aromatic heterocycles. The van der Waals surface area contributed by atoms with E-state index in [9.17, 15) is 9.90 Å². The van der Waals surface area contributed by atoms with Gasteiger partial charge in [0.2, 0.25) is 0 Å². The van der Waals surface area contributed by atoms with E-state index in [1.54, 1.807) is 18.2 Å². The highest BCUT2D eigenvalue weighted by Gasteiger charge is 2.48. The highest BCUT2D eigenvalue weighted by molar-refractivity contribution is 6.05. The van der Waals surface area contributed by atoms with Gasteiger partial charge in [-0.25, -0.2) is 0 Å². The molecule has 0 saturated carbocycles. The van der Waals surface area contributed by atoms with E-state index in [1.165, 1.54) is 0 Å². The number of phenols is 1. The predicted molar refractivity (Wildman–Crippen MR) is 58.2 cm³/mol. The Hall–Kier alpha value is -1.55. The molecule has 84 valence electrons. The summed E-state index contributed by atoms with van der Waals surface area (Å²) in [6.07, 6.45) is 2.72. The number of benzene rings is 1. The second-order valence-corrected chi connectivity index (χ2v) is 4.32. The number of phenolic OH excluding ortho intramolecular Hbond substituents is 1. The molecule has 1 unspecified atom stereocenters. The van der Waals surface area contributed by atoms with Crippen LogP contribution in [0.2, 0.25) is 0 Å². The lowest BCUT2D eigenvalue weighted by molar-refractivity contribution is -0.147. The van der Waals surface area contributed by atoms with Crippen LogP contribution in [0.4, 0.5) is 5.69 Å². The molecule has 2 N–H and O–H groups in total. The molecule has 1 spiro atoms. The lowest BCUT2D eigenvalue weighted by Gasteiger charge is -2.31. The first-order valence-corrected chi connectivity index (χ1v) is 5.51. The SMILES string of the molecule is O=C1Nc2cc(O)ccc2C12CCCCO2. The molecule has 0 radical (unpaired) electrons. The van der Waals surface area contributed by atoms with E-state index in [2.05, 4.69) is 5.32 Å². The Morgan fingerprint density at radius 3 is 3.00 bits per heavy atom. The summed E-state index contributed by atoms with van der Waals surface area (Å²) in [6.45, 7) is 0.619. The molecule has 1 amide bonds. The van der Waals surface area contributed by atoms with Gasteiger partial charge < -0.3 is 15.2 Å². The maximum absolute atomic E-state index is 12.0. The van der Waals surface area contributed by atoms with Crippen LogP contribution >= 0.6 is 0 Å². The van der Waals surface area contributed by atoms with Gasteiger partial charge in [-0.05, 0) is 31.4 Å². The van der Waals surface area contributed by atoms with Gasteiger partial charge >= 0.3 is 0 Å². The van der Waals surface area contributed by atoms with Crippen molar-refractivity contribution in [2.45, 2.75) is 24.9 Å². The Morgan fingerprint density at radius 2 is 2.25 bits per heavy atom. The molecule has 1 aromatic carbocycles. The zero-order valence-corrected chi connectivity index (χ0v) is 8.82. The Kier molecular flexibility index (Phi) is 1.94. The highest BCUT2D eigenvalue weighted by atomic mass is 16.5. The van der Waals surface area contributed by atoms with Crippen LogP contribution in [-0.4, -0.2) is 17.6 Å². The maximum Gasteiger partial charge on any atom is 0.261 e. The first kappa shape index (κ1) is 9.66. The first-order chi connectivity index (χ1) is 7.72. The zero-order chi connectivity index (χ0) is 11.2. The van der Waals surface area contributed by atoms with Crippen molar-refractivity contribution < 1.29 is 14.6 Å². The summed E-state index contributed by atoms with van der Waals surface area (Å²) in [5.74, 6) is 0.0553. The van der Waals surface area contributed by atoms with Crippen LogP contribution in [0.1, 0.15) is 24.8 Å². The first-order valence-electron chi connectivity index (χ1n) is 5.51. The van der Waals surface area contributed by atoms with Crippen molar-refractivity contribution >= 4 is 11.6 Å². The third-order valence-corrected chi connectivity index (χ3v) is 3.32. The van der Waals surface area contributed by atoms with Crippen molar-refractivity contribution in [2.75, 3.05) is 11.9 Å². The largest absolute Gasteiger partial charge is 0.508 e. The van der Waals surface area contributed by atoms with E-state index >= 15 is 0 Å². The lowest BCUT2D eigenvalue weighted by Crippen LogP contribution is -2.40. The second-order valence-electron chi connectivity index (χ2n) is 4.32. The van der Waals surface area contributed by atoms with Gasteiger partial charge in [0, 0.05) is 18.2 Å². The van der Waals surface area contributed by atoms with Crippen LogP contribution in [0.15, 0.2) is 18.2 Å². The summed E-state index contributed by atoms with van der Waals surface area (Å²) < 4.78 is 5.71. The molecule has 3 rings (SSSR count). The Labute approximate surface area is 93.2 Å². The van der Waals surface area contributed by atoms with Crippen molar-refractivity contribution in [2.24, 2.45) is 0 Å². The number of carbonyl (C=O) groups excluding carboxylic acids is 1. The summed E-state index contributed by atoms with van der Waals surface area (Å²) in [6, 6.07) is 4.94. The van der Waals surface area contributed by atoms with Crippen LogP contribution < -0.4 is 5.32 Å². The molecule has 2 aliphatic rings. The molecular formula is C12H13NO3. The van der Waals surface area contributed by atoms with Gasteiger partial charge in [-0.15, -0.1) is 0 Å². The minimum absolute atomic E-state index is 0.104. The number of fused-ring (bicyclic) bond motifs is 2. The molecule has 16 heavy (non-hydrogen) atoms. The highest BCUT2D eigenvalue weighted by Crippen LogP contribution is 2.45. The van der Waals surface area contributed by atoms with Gasteiger partial charge in [-0.2, -0.15) is 0 Å². The Balaban J connectivity index is 2.11. The van der Waals surface area contributed by atoms with Crippen LogP contribution in [0.5, 0.6) is 5.75 Å². The normalized spacial score (nSPS) is 27.9. The molecule has 1 fully saturated rings. The molecule has 4 heteroatoms. The molecular weight excluding hydrogens is 206 g/mol. The second kappa shape index (κ2) is 3.22. The van der Waals surface area contributed by atoms with E-state index in [1.807, 2.05) is 0 Å². The molecule has 1 saturated heterocycles. The van der Waals surface area contributed by atoms with Crippen LogP contribution in [0.3, 0.4) is 0 Å². The van der Waals surface area contributed by atoms with Crippen LogP contribution in [0.25, 0.3) is 0 Å². The summed E-state index contributed by atoms with van der Waals surface area (Å²) in [7, 11) is 0. The fourth-order valence-corrected chi connectivity index (χ4v) is 2.52. The molecule has 2 aliphatic heterocycles. The van der Waals surface area contributed by atoms with E-state index < -0.39 is 5.60 Å². The number of amides is 1. The van der Waals surface area contributed by atoms with E-state index in [0.717, 1.165) is 24.8 Å². The number of hydrogen-bond donors (Lipinski definition) is 2. The minimum Gasteiger partial charge on any atom is -0.508 e. The third kappa shape index (κ3) is 1.16. The lowest BCUT2D eigenvalue weighted by atomic mass is 9.87. The molecule has 1 atom stereocenters. The maximum atomic E-state index is 12.0. The van der Waals surface area contributed by atoms with Gasteiger partial charge in [0.1, 0.15) is 5.75 Å². The zero-order valence-electron chi connectivity index (χ0n) is 8.82. The quantitative estimate of drug-likeness (QED) is 0.698. The number of anilines is 1. The molecule has 4 nitrogen and oxygen atoms in total. The number of rotatable bonds is 0. The fourth-order valence-electron chi connectivity index (χ4n) is 2.52. The standard InChI is InChI=1S/C12H13NO3/c14-8-3-4-9-10(7-8)13-11(15)12(9)5-1-2-6-16-12/h3-4,7,14H,1-2,5-6H2,(H,13,15). The molecule has 0 aliphatic carbocycles. The number of carbonyl (C=O) groups is 1. The minimum atomic E-state index is -0.804. The van der Waals surface area contributed by atoms with E-state index in [-0.39, 0.29) is 11.7 Å². The number of aromatic hydroxyl groups is 1. The van der Waals surface area contributed by atoms with Crippen molar-refractivity contribution in [3.63, 3.8) is 0 Å². The topological polar surface area (TPSA) is 58.6 Å². The van der Waals surface area contributed by atoms with Crippen molar-refractivity contribution in [1.82, 2.24) is 0 Å². The van der Waals surface area contributed by atoms with Gasteiger partial charge in [0.25, 0.3) is 5.91 Å². The van der Waals surface area contributed by atoms with Crippen LogP contribution in [-0.2, 0) is 15.1 Å². The molecule has 0 bridgehead atoms. The van der Waals surface area contributed by atoms with Gasteiger partial charge in [-0.1, -0.05) is 0 Å². The van der Waals surface area contributed by atoms with E-state index in [4.69, 9.17) is 4.74 Å². The Morgan fingerprint density at radius 1 is 1.38 bits per heavy atom. The van der Waals surface area contributed by atoms with Crippen molar-refractivity contribution in [1.29, 1.82) is 0 Å². The summed E-state index contributed by atoms with van der Waals surface area (Å²) in [5.41, 5.74) is 0.725. The fraction of sp³-hybridized carbons (Fsp3) is 0.417. The van der Waals surface area contributed by atoms with Gasteiger partial charge in [-0.3, -0.25) is 4.79 Å². The average molecular weight is 219 g/mol. The predicted octanol–water partition coefficient (Wildman–Crippen LogP) is 1.74. The average Bonchev–Trinajstić information content (AvgIpc) is 2.53. The smallest absolute Gasteiger partial charge is 0.261 e. The monoisotopic (exact) mass is 219 g/mol. The summed E-state index contributed by atoms with van der Waals surface area (Å²) in [5, 5.41) is 12.2. The molecule has 1 aromatic rings. The number of nitrogens with one attached hydrogen (secondary N) is 1. The third-order valence-electron chi connectivity index (χ3n) is 3.32. The van der Waals surface area contributed by atoms with Gasteiger partial charge in [0.15, 0.2) is 5.60 Å². The number of ether oxygens (including phenoxy) is 1. The van der Waals surface area contributed by atoms with E-state index in [0.29, 0.717) is 12.3 Å². The van der Waals surface area contributed by atoms with Crippen molar-refractivity contribution in [3.05, 3.63) is 23.8 Å². The molecule has 2 heterocycles. The summed E-state index contributed by atoms with van der Waals surface area (Å²) in [4.78, 5) is 12.0.